The molecular weight excluding hydrogens is 102 g/mol. The standard InChI is InChI=1S/C6H13NO/c1-6(7-2)4-3-5-8/h3,5-8H,4H2,1-2H3. The van der Waals surface area contributed by atoms with E-state index in [1.165, 1.54) is 0 Å². The molecule has 0 bridgehead atoms. The molecule has 1 unspecified atom stereocenters. The summed E-state index contributed by atoms with van der Waals surface area (Å²) >= 11 is 0. The first-order valence-corrected chi connectivity index (χ1v) is 2.77. The van der Waals surface area contributed by atoms with Crippen LogP contribution in [0.2, 0.25) is 0 Å². The Balaban J connectivity index is 3.10. The molecule has 0 amide bonds. The molecule has 0 aromatic heterocycles. The molecule has 2 N–H and O–H groups in total. The molecule has 0 aliphatic heterocycles. The van der Waals surface area contributed by atoms with Crippen LogP contribution in [0.1, 0.15) is 13.3 Å². The minimum absolute atomic E-state index is 0.457. The number of aliphatic hydroxyl groups is 1. The maximum Gasteiger partial charge on any atom is 0.0752 e. The topological polar surface area (TPSA) is 32.3 Å². The number of nitrogens with one attached hydrogen (secondary N) is 1. The molecule has 2 nitrogen and oxygen atoms in total. The average Bonchev–Trinajstić information content (AvgIpc) is 1.83. The van der Waals surface area contributed by atoms with Gasteiger partial charge in [-0.05, 0) is 26.5 Å². The minimum atomic E-state index is 0.457. The third-order valence-corrected chi connectivity index (χ3v) is 1.09. The van der Waals surface area contributed by atoms with Crippen molar-refractivity contribution in [2.45, 2.75) is 19.4 Å². The third kappa shape index (κ3) is 3.68. The largest absolute Gasteiger partial charge is 0.516 e. The monoisotopic (exact) mass is 115 g/mol. The van der Waals surface area contributed by atoms with Crippen LogP contribution in [0.4, 0.5) is 0 Å². The normalized spacial score (nSPS) is 14.8. The Morgan fingerprint density at radius 2 is 2.38 bits per heavy atom. The van der Waals surface area contributed by atoms with Gasteiger partial charge in [-0.25, -0.2) is 0 Å². The fourth-order valence-electron chi connectivity index (χ4n) is 0.383. The summed E-state index contributed by atoms with van der Waals surface area (Å²) < 4.78 is 0. The number of hydrogen-bond acceptors (Lipinski definition) is 2. The van der Waals surface area contributed by atoms with E-state index >= 15 is 0 Å². The molecule has 0 fully saturated rings. The number of rotatable bonds is 3. The van der Waals surface area contributed by atoms with Crippen LogP contribution in [0.15, 0.2) is 12.3 Å². The highest BCUT2D eigenvalue weighted by Gasteiger charge is 1.90. The first-order valence-electron chi connectivity index (χ1n) is 2.77. The zero-order valence-electron chi connectivity index (χ0n) is 5.39. The molecule has 0 rings (SSSR count). The van der Waals surface area contributed by atoms with Crippen molar-refractivity contribution in [1.82, 2.24) is 5.32 Å². The van der Waals surface area contributed by atoms with Crippen molar-refractivity contribution in [1.29, 1.82) is 0 Å². The molecule has 0 aromatic rings. The number of hydrogen-bond donors (Lipinski definition) is 2. The molecule has 0 aliphatic rings. The molecule has 0 aliphatic carbocycles. The second-order valence-electron chi connectivity index (χ2n) is 1.81. The van der Waals surface area contributed by atoms with E-state index in [4.69, 9.17) is 5.11 Å². The zero-order valence-corrected chi connectivity index (χ0v) is 5.39. The van der Waals surface area contributed by atoms with Crippen LogP contribution < -0.4 is 5.32 Å². The summed E-state index contributed by atoms with van der Waals surface area (Å²) in [5.74, 6) is 0. The van der Waals surface area contributed by atoms with Crippen LogP contribution in [0.3, 0.4) is 0 Å². The third-order valence-electron chi connectivity index (χ3n) is 1.09. The maximum atomic E-state index is 8.20. The number of aliphatic hydroxyl groups excluding tert-OH is 1. The Bertz CT molecular complexity index is 70.9. The lowest BCUT2D eigenvalue weighted by molar-refractivity contribution is 0.467. The van der Waals surface area contributed by atoms with E-state index in [9.17, 15) is 0 Å². The van der Waals surface area contributed by atoms with Crippen molar-refractivity contribution >= 4 is 0 Å². The van der Waals surface area contributed by atoms with Gasteiger partial charge in [-0.15, -0.1) is 0 Å². The van der Waals surface area contributed by atoms with Crippen LogP contribution in [0.5, 0.6) is 0 Å². The minimum Gasteiger partial charge on any atom is -0.516 e. The van der Waals surface area contributed by atoms with E-state index in [1.807, 2.05) is 7.05 Å². The molecule has 0 heterocycles. The molecular formula is C6H13NO. The van der Waals surface area contributed by atoms with Crippen molar-refractivity contribution in [3.8, 4) is 0 Å². The summed E-state index contributed by atoms with van der Waals surface area (Å²) in [7, 11) is 1.90. The van der Waals surface area contributed by atoms with Crippen molar-refractivity contribution in [3.63, 3.8) is 0 Å². The summed E-state index contributed by atoms with van der Waals surface area (Å²) in [6, 6.07) is 0.457. The molecule has 0 spiro atoms. The Morgan fingerprint density at radius 3 is 2.75 bits per heavy atom. The Kier molecular flexibility index (Phi) is 4.36. The zero-order chi connectivity index (χ0) is 6.41. The highest BCUT2D eigenvalue weighted by molar-refractivity contribution is 4.76. The van der Waals surface area contributed by atoms with E-state index in [-0.39, 0.29) is 0 Å². The Morgan fingerprint density at radius 1 is 1.75 bits per heavy atom. The van der Waals surface area contributed by atoms with E-state index in [1.54, 1.807) is 6.08 Å². The SMILES string of the molecule is CNC(C)CC=CO. The summed E-state index contributed by atoms with van der Waals surface area (Å²) in [6.45, 7) is 2.06. The lowest BCUT2D eigenvalue weighted by Gasteiger charge is -2.03. The molecule has 0 aromatic carbocycles. The lowest BCUT2D eigenvalue weighted by Crippen LogP contribution is -2.19. The highest BCUT2D eigenvalue weighted by atomic mass is 16.2. The van der Waals surface area contributed by atoms with E-state index in [2.05, 4.69) is 12.2 Å². The second-order valence-corrected chi connectivity index (χ2v) is 1.81. The van der Waals surface area contributed by atoms with Gasteiger partial charge in [-0.2, -0.15) is 0 Å². The van der Waals surface area contributed by atoms with Gasteiger partial charge in [-0.1, -0.05) is 0 Å². The van der Waals surface area contributed by atoms with E-state index < -0.39 is 0 Å². The molecule has 1 atom stereocenters. The van der Waals surface area contributed by atoms with Gasteiger partial charge >= 0.3 is 0 Å². The predicted molar refractivity (Wildman–Crippen MR) is 34.9 cm³/mol. The fraction of sp³-hybridized carbons (Fsp3) is 0.667. The van der Waals surface area contributed by atoms with E-state index in [0.29, 0.717) is 6.04 Å². The van der Waals surface area contributed by atoms with Gasteiger partial charge in [0.1, 0.15) is 0 Å². The van der Waals surface area contributed by atoms with Crippen molar-refractivity contribution < 1.29 is 5.11 Å². The Hall–Kier alpha value is -0.500. The molecule has 2 heteroatoms. The quantitative estimate of drug-likeness (QED) is 0.539. The smallest absolute Gasteiger partial charge is 0.0752 e. The van der Waals surface area contributed by atoms with Crippen LogP contribution in [-0.4, -0.2) is 18.2 Å². The Labute approximate surface area is 50.2 Å². The van der Waals surface area contributed by atoms with Crippen LogP contribution in [0.25, 0.3) is 0 Å². The summed E-state index contributed by atoms with van der Waals surface area (Å²) in [5, 5.41) is 11.2. The maximum absolute atomic E-state index is 8.20. The van der Waals surface area contributed by atoms with Gasteiger partial charge in [0.05, 0.1) is 6.26 Å². The molecule has 8 heavy (non-hydrogen) atoms. The van der Waals surface area contributed by atoms with Gasteiger partial charge in [0.15, 0.2) is 0 Å². The lowest BCUT2D eigenvalue weighted by atomic mass is 10.2. The van der Waals surface area contributed by atoms with Crippen molar-refractivity contribution in [3.05, 3.63) is 12.3 Å². The molecule has 0 saturated heterocycles. The van der Waals surface area contributed by atoms with Crippen LogP contribution in [-0.2, 0) is 0 Å². The molecule has 48 valence electrons. The van der Waals surface area contributed by atoms with Gasteiger partial charge < -0.3 is 10.4 Å². The molecule has 0 saturated carbocycles. The highest BCUT2D eigenvalue weighted by Crippen LogP contribution is 1.88. The van der Waals surface area contributed by atoms with Gasteiger partial charge in [-0.3, -0.25) is 0 Å². The van der Waals surface area contributed by atoms with Crippen molar-refractivity contribution in [2.24, 2.45) is 0 Å². The van der Waals surface area contributed by atoms with Crippen LogP contribution >= 0.6 is 0 Å². The molecule has 0 radical (unpaired) electrons. The van der Waals surface area contributed by atoms with E-state index in [0.717, 1.165) is 12.7 Å². The summed E-state index contributed by atoms with van der Waals surface area (Å²) in [5.41, 5.74) is 0. The fourth-order valence-corrected chi connectivity index (χ4v) is 0.383. The van der Waals surface area contributed by atoms with Crippen LogP contribution in [0, 0.1) is 0 Å². The van der Waals surface area contributed by atoms with Gasteiger partial charge in [0.2, 0.25) is 0 Å². The summed E-state index contributed by atoms with van der Waals surface area (Å²) in [6.07, 6.45) is 3.68. The second kappa shape index (κ2) is 4.65. The summed E-state index contributed by atoms with van der Waals surface area (Å²) in [4.78, 5) is 0. The first kappa shape index (κ1) is 7.50. The van der Waals surface area contributed by atoms with Crippen molar-refractivity contribution in [2.75, 3.05) is 7.05 Å². The van der Waals surface area contributed by atoms with Gasteiger partial charge in [0, 0.05) is 6.04 Å². The predicted octanol–water partition coefficient (Wildman–Crippen LogP) is 1.06. The average molecular weight is 115 g/mol. The van der Waals surface area contributed by atoms with Gasteiger partial charge in [0.25, 0.3) is 0 Å². The first-order chi connectivity index (χ1) is 3.81.